The van der Waals surface area contributed by atoms with Gasteiger partial charge in [-0.2, -0.15) is 4.98 Å². The van der Waals surface area contributed by atoms with E-state index in [0.717, 1.165) is 16.1 Å². The predicted molar refractivity (Wildman–Crippen MR) is 77.5 cm³/mol. The average molecular weight is 287 g/mol. The van der Waals surface area contributed by atoms with E-state index in [1.807, 2.05) is 24.4 Å². The second-order valence-corrected chi connectivity index (χ2v) is 6.10. The molecule has 0 fully saturated rings. The summed E-state index contributed by atoms with van der Waals surface area (Å²) in [5, 5.41) is 8.15. The van der Waals surface area contributed by atoms with Gasteiger partial charge in [0.25, 0.3) is 5.89 Å². The highest BCUT2D eigenvalue weighted by atomic mass is 32.1. The Hall–Kier alpha value is -1.92. The molecule has 94 valence electrons. The van der Waals surface area contributed by atoms with Gasteiger partial charge in [-0.1, -0.05) is 5.16 Å². The first kappa shape index (κ1) is 11.0. The molecule has 6 heteroatoms. The molecule has 0 radical (unpaired) electrons. The van der Waals surface area contributed by atoms with Gasteiger partial charge in [0.15, 0.2) is 0 Å². The Labute approximate surface area is 116 Å². The molecular formula is C13H9N3OS2. The van der Waals surface area contributed by atoms with Gasteiger partial charge in [-0.15, -0.1) is 22.7 Å². The fourth-order valence-corrected chi connectivity index (χ4v) is 3.62. The molecule has 4 nitrogen and oxygen atoms in total. The lowest BCUT2D eigenvalue weighted by Crippen LogP contribution is -1.79. The molecule has 4 aromatic rings. The van der Waals surface area contributed by atoms with E-state index in [9.17, 15) is 0 Å². The van der Waals surface area contributed by atoms with Crippen LogP contribution in [0.25, 0.3) is 32.5 Å². The fourth-order valence-electron chi connectivity index (χ4n) is 1.99. The van der Waals surface area contributed by atoms with Gasteiger partial charge >= 0.3 is 0 Å². The summed E-state index contributed by atoms with van der Waals surface area (Å²) in [6.45, 7) is 2.05. The summed E-state index contributed by atoms with van der Waals surface area (Å²) in [4.78, 5) is 8.81. The lowest BCUT2D eigenvalue weighted by molar-refractivity contribution is 0.431. The van der Waals surface area contributed by atoms with E-state index < -0.39 is 0 Å². The van der Waals surface area contributed by atoms with Crippen molar-refractivity contribution in [3.8, 4) is 22.3 Å². The Kier molecular flexibility index (Phi) is 2.33. The molecule has 4 heterocycles. The molecule has 0 aliphatic heterocycles. The van der Waals surface area contributed by atoms with Crippen LogP contribution in [0.3, 0.4) is 0 Å². The lowest BCUT2D eigenvalue weighted by atomic mass is 10.3. The minimum atomic E-state index is 0.534. The summed E-state index contributed by atoms with van der Waals surface area (Å²) in [5.74, 6) is 1.19. The maximum atomic E-state index is 5.35. The SMILES string of the molecule is Cc1ccsc1-c1noc(-c2cc3sccc3[nH]2)n1. The van der Waals surface area contributed by atoms with E-state index in [2.05, 4.69) is 26.6 Å². The second-order valence-electron chi connectivity index (χ2n) is 4.24. The zero-order valence-electron chi connectivity index (χ0n) is 10.0. The van der Waals surface area contributed by atoms with Gasteiger partial charge in [0.2, 0.25) is 5.82 Å². The number of H-pyrrole nitrogens is 1. The quantitative estimate of drug-likeness (QED) is 0.597. The van der Waals surface area contributed by atoms with Crippen LogP contribution in [0.15, 0.2) is 33.5 Å². The minimum Gasteiger partial charge on any atom is -0.350 e. The van der Waals surface area contributed by atoms with E-state index in [-0.39, 0.29) is 0 Å². The van der Waals surface area contributed by atoms with Gasteiger partial charge in [0.05, 0.1) is 15.1 Å². The zero-order valence-corrected chi connectivity index (χ0v) is 11.6. The molecule has 19 heavy (non-hydrogen) atoms. The van der Waals surface area contributed by atoms with Crippen molar-refractivity contribution < 1.29 is 4.52 Å². The zero-order chi connectivity index (χ0) is 12.8. The van der Waals surface area contributed by atoms with Crippen molar-refractivity contribution >= 4 is 32.9 Å². The highest BCUT2D eigenvalue weighted by Gasteiger charge is 2.15. The normalized spacial score (nSPS) is 11.4. The Morgan fingerprint density at radius 2 is 2.11 bits per heavy atom. The first-order valence-electron chi connectivity index (χ1n) is 5.76. The predicted octanol–water partition coefficient (Wildman–Crippen LogP) is 4.32. The molecule has 1 N–H and O–H groups in total. The number of rotatable bonds is 2. The van der Waals surface area contributed by atoms with Gasteiger partial charge in [-0.3, -0.25) is 0 Å². The third kappa shape index (κ3) is 1.72. The van der Waals surface area contributed by atoms with Crippen molar-refractivity contribution in [2.45, 2.75) is 6.92 Å². The molecule has 0 spiro atoms. The van der Waals surface area contributed by atoms with Crippen molar-refractivity contribution in [2.75, 3.05) is 0 Å². The number of aromatic nitrogens is 3. The summed E-state index contributed by atoms with van der Waals surface area (Å²) in [5.41, 5.74) is 3.15. The molecule has 0 bridgehead atoms. The lowest BCUT2D eigenvalue weighted by Gasteiger charge is -1.88. The molecule has 0 amide bonds. The van der Waals surface area contributed by atoms with E-state index >= 15 is 0 Å². The van der Waals surface area contributed by atoms with Gasteiger partial charge in [0, 0.05) is 0 Å². The number of nitrogens with zero attached hydrogens (tertiary/aromatic N) is 2. The first-order chi connectivity index (χ1) is 9.31. The molecule has 0 saturated carbocycles. The number of hydrogen-bond donors (Lipinski definition) is 1. The molecule has 4 aromatic heterocycles. The number of aryl methyl sites for hydroxylation is 1. The molecule has 4 rings (SSSR count). The van der Waals surface area contributed by atoms with Gasteiger partial charge in [-0.25, -0.2) is 0 Å². The second kappa shape index (κ2) is 4.04. The molecule has 0 atom stereocenters. The summed E-state index contributed by atoms with van der Waals surface area (Å²) >= 11 is 3.32. The van der Waals surface area contributed by atoms with Crippen LogP contribution in [0, 0.1) is 6.92 Å². The van der Waals surface area contributed by atoms with Crippen LogP contribution in [-0.2, 0) is 0 Å². The third-order valence-electron chi connectivity index (χ3n) is 2.96. The molecule has 0 aromatic carbocycles. The van der Waals surface area contributed by atoms with Crippen LogP contribution >= 0.6 is 22.7 Å². The maximum Gasteiger partial charge on any atom is 0.274 e. The van der Waals surface area contributed by atoms with Crippen LogP contribution in [0.1, 0.15) is 5.56 Å². The highest BCUT2D eigenvalue weighted by molar-refractivity contribution is 7.17. The fraction of sp³-hybridized carbons (Fsp3) is 0.0769. The van der Waals surface area contributed by atoms with Gasteiger partial charge < -0.3 is 9.51 Å². The van der Waals surface area contributed by atoms with E-state index in [1.54, 1.807) is 22.7 Å². The summed E-state index contributed by atoms with van der Waals surface area (Å²) in [6.07, 6.45) is 0. The van der Waals surface area contributed by atoms with Crippen molar-refractivity contribution in [2.24, 2.45) is 0 Å². The van der Waals surface area contributed by atoms with Gasteiger partial charge in [-0.05, 0) is 41.4 Å². The van der Waals surface area contributed by atoms with E-state index in [0.29, 0.717) is 11.7 Å². The number of nitrogens with one attached hydrogen (secondary N) is 1. The van der Waals surface area contributed by atoms with Crippen LogP contribution in [0.5, 0.6) is 0 Å². The van der Waals surface area contributed by atoms with Crippen molar-refractivity contribution in [3.05, 3.63) is 34.5 Å². The summed E-state index contributed by atoms with van der Waals surface area (Å²) in [7, 11) is 0. The molecule has 0 unspecified atom stereocenters. The Balaban J connectivity index is 1.79. The Morgan fingerprint density at radius 3 is 2.89 bits per heavy atom. The summed E-state index contributed by atoms with van der Waals surface area (Å²) in [6, 6.07) is 6.14. The minimum absolute atomic E-state index is 0.534. The smallest absolute Gasteiger partial charge is 0.274 e. The summed E-state index contributed by atoms with van der Waals surface area (Å²) < 4.78 is 6.54. The third-order valence-corrected chi connectivity index (χ3v) is 4.84. The standard InChI is InChI=1S/C13H9N3OS2/c1-7-2-4-19-11(7)12-15-13(17-16-12)9-6-10-8(14-9)3-5-18-10/h2-6,14H,1H3. The van der Waals surface area contributed by atoms with Gasteiger partial charge in [0.1, 0.15) is 5.69 Å². The molecule has 0 aliphatic carbocycles. The highest BCUT2D eigenvalue weighted by Crippen LogP contribution is 2.30. The average Bonchev–Trinajstić information content (AvgIpc) is 3.10. The Morgan fingerprint density at radius 1 is 1.21 bits per heavy atom. The van der Waals surface area contributed by atoms with Crippen LogP contribution in [-0.4, -0.2) is 15.1 Å². The number of thiophene rings is 2. The first-order valence-corrected chi connectivity index (χ1v) is 7.52. The molecule has 0 saturated heterocycles. The van der Waals surface area contributed by atoms with Crippen LogP contribution < -0.4 is 0 Å². The number of hydrogen-bond acceptors (Lipinski definition) is 5. The Bertz CT molecular complexity index is 824. The topological polar surface area (TPSA) is 54.7 Å². The molecular weight excluding hydrogens is 278 g/mol. The van der Waals surface area contributed by atoms with Crippen LogP contribution in [0.4, 0.5) is 0 Å². The van der Waals surface area contributed by atoms with Crippen molar-refractivity contribution in [1.82, 2.24) is 15.1 Å². The van der Waals surface area contributed by atoms with E-state index in [1.165, 1.54) is 10.3 Å². The van der Waals surface area contributed by atoms with Crippen molar-refractivity contribution in [3.63, 3.8) is 0 Å². The van der Waals surface area contributed by atoms with Crippen molar-refractivity contribution in [1.29, 1.82) is 0 Å². The van der Waals surface area contributed by atoms with Crippen LogP contribution in [0.2, 0.25) is 0 Å². The largest absolute Gasteiger partial charge is 0.350 e. The maximum absolute atomic E-state index is 5.35. The monoisotopic (exact) mass is 287 g/mol. The number of aromatic amines is 1. The molecule has 0 aliphatic rings. The van der Waals surface area contributed by atoms with E-state index in [4.69, 9.17) is 4.52 Å². The number of fused-ring (bicyclic) bond motifs is 1.